The number of aliphatic imine (C=N–C) groups is 1. The van der Waals surface area contributed by atoms with Crippen molar-refractivity contribution in [3.05, 3.63) is 35.9 Å². The molecule has 0 aliphatic carbocycles. The molecule has 0 unspecified atom stereocenters. The third kappa shape index (κ3) is 3.90. The van der Waals surface area contributed by atoms with Gasteiger partial charge in [-0.3, -0.25) is 4.99 Å². The van der Waals surface area contributed by atoms with Crippen molar-refractivity contribution in [1.29, 1.82) is 0 Å². The number of aliphatic hydroxyl groups is 1. The lowest BCUT2D eigenvalue weighted by atomic mass is 9.74. The molecule has 2 aliphatic rings. The van der Waals surface area contributed by atoms with Crippen LogP contribution in [0.4, 0.5) is 0 Å². The Hall–Kier alpha value is -1.59. The molecular formula is C19H29N3O2. The van der Waals surface area contributed by atoms with Crippen LogP contribution in [0.25, 0.3) is 0 Å². The largest absolute Gasteiger partial charge is 0.391 e. The van der Waals surface area contributed by atoms with Crippen molar-refractivity contribution in [2.45, 2.75) is 37.7 Å². The number of nitrogens with zero attached hydrogens (tertiary/aromatic N) is 2. The second-order valence-corrected chi connectivity index (χ2v) is 6.82. The molecule has 132 valence electrons. The van der Waals surface area contributed by atoms with Crippen molar-refractivity contribution in [2.75, 3.05) is 39.4 Å². The summed E-state index contributed by atoms with van der Waals surface area (Å²) >= 11 is 0. The van der Waals surface area contributed by atoms with E-state index in [2.05, 4.69) is 47.5 Å². The van der Waals surface area contributed by atoms with Gasteiger partial charge in [0.15, 0.2) is 5.96 Å². The standard InChI is InChI=1S/C19H29N3O2/c1-2-20-18(22-11-8-17(23)14-22)21-15-19(9-12-24-13-10-19)16-6-4-3-5-7-16/h3-7,17,23H,2,8-15H2,1H3,(H,20,21)/t17-/m1/s1. The van der Waals surface area contributed by atoms with Gasteiger partial charge >= 0.3 is 0 Å². The van der Waals surface area contributed by atoms with Crippen LogP contribution in [-0.4, -0.2) is 61.5 Å². The van der Waals surface area contributed by atoms with Crippen molar-refractivity contribution < 1.29 is 9.84 Å². The zero-order valence-corrected chi connectivity index (χ0v) is 14.6. The van der Waals surface area contributed by atoms with E-state index in [1.54, 1.807) is 0 Å². The molecule has 0 amide bonds. The van der Waals surface area contributed by atoms with Gasteiger partial charge in [0, 0.05) is 38.3 Å². The third-order valence-corrected chi connectivity index (χ3v) is 5.17. The van der Waals surface area contributed by atoms with Crippen LogP contribution in [0.1, 0.15) is 31.7 Å². The Kier molecular flexibility index (Phi) is 5.74. The Balaban J connectivity index is 1.80. The predicted molar refractivity (Wildman–Crippen MR) is 96.3 cm³/mol. The van der Waals surface area contributed by atoms with Crippen LogP contribution in [0.2, 0.25) is 0 Å². The first-order valence-corrected chi connectivity index (χ1v) is 9.08. The van der Waals surface area contributed by atoms with E-state index in [0.717, 1.165) is 58.1 Å². The van der Waals surface area contributed by atoms with E-state index in [9.17, 15) is 5.11 Å². The highest BCUT2D eigenvalue weighted by Gasteiger charge is 2.34. The number of likely N-dealkylation sites (tertiary alicyclic amines) is 1. The van der Waals surface area contributed by atoms with E-state index >= 15 is 0 Å². The van der Waals surface area contributed by atoms with Crippen LogP contribution in [0.5, 0.6) is 0 Å². The number of hydrogen-bond donors (Lipinski definition) is 2. The molecule has 0 aromatic heterocycles. The van der Waals surface area contributed by atoms with Gasteiger partial charge in [0.2, 0.25) is 0 Å². The molecule has 2 heterocycles. The lowest BCUT2D eigenvalue weighted by Gasteiger charge is -2.37. The Labute approximate surface area is 144 Å². The summed E-state index contributed by atoms with van der Waals surface area (Å²) in [4.78, 5) is 7.14. The van der Waals surface area contributed by atoms with Gasteiger partial charge < -0.3 is 20.1 Å². The van der Waals surface area contributed by atoms with Gasteiger partial charge in [0.1, 0.15) is 0 Å². The molecule has 0 spiro atoms. The van der Waals surface area contributed by atoms with Crippen LogP contribution in [0.3, 0.4) is 0 Å². The van der Waals surface area contributed by atoms with Gasteiger partial charge in [-0.2, -0.15) is 0 Å². The topological polar surface area (TPSA) is 57.1 Å². The normalized spacial score (nSPS) is 24.2. The van der Waals surface area contributed by atoms with E-state index in [1.807, 2.05) is 0 Å². The highest BCUT2D eigenvalue weighted by Crippen LogP contribution is 2.35. The number of ether oxygens (including phenoxy) is 1. The first kappa shape index (κ1) is 17.2. The predicted octanol–water partition coefficient (Wildman–Crippen LogP) is 1.77. The molecule has 1 atom stereocenters. The maximum Gasteiger partial charge on any atom is 0.194 e. The average Bonchev–Trinajstić information content (AvgIpc) is 3.06. The lowest BCUT2D eigenvalue weighted by molar-refractivity contribution is 0.0530. The minimum absolute atomic E-state index is 0.0541. The van der Waals surface area contributed by atoms with Gasteiger partial charge in [-0.05, 0) is 31.7 Å². The van der Waals surface area contributed by atoms with Crippen LogP contribution in [0, 0.1) is 0 Å². The summed E-state index contributed by atoms with van der Waals surface area (Å²) in [5.74, 6) is 0.927. The lowest BCUT2D eigenvalue weighted by Crippen LogP contribution is -2.43. The summed E-state index contributed by atoms with van der Waals surface area (Å²) < 4.78 is 5.61. The monoisotopic (exact) mass is 331 g/mol. The Morgan fingerprint density at radius 3 is 2.71 bits per heavy atom. The second-order valence-electron chi connectivity index (χ2n) is 6.82. The highest BCUT2D eigenvalue weighted by atomic mass is 16.5. The molecule has 0 saturated carbocycles. The molecule has 24 heavy (non-hydrogen) atoms. The zero-order valence-electron chi connectivity index (χ0n) is 14.6. The van der Waals surface area contributed by atoms with Crippen molar-refractivity contribution in [2.24, 2.45) is 4.99 Å². The fourth-order valence-electron chi connectivity index (χ4n) is 3.68. The highest BCUT2D eigenvalue weighted by molar-refractivity contribution is 5.80. The molecule has 3 rings (SSSR count). The van der Waals surface area contributed by atoms with E-state index in [0.29, 0.717) is 6.54 Å². The average molecular weight is 331 g/mol. The molecule has 2 N–H and O–H groups in total. The van der Waals surface area contributed by atoms with Crippen molar-refractivity contribution in [3.8, 4) is 0 Å². The van der Waals surface area contributed by atoms with Crippen LogP contribution >= 0.6 is 0 Å². The summed E-state index contributed by atoms with van der Waals surface area (Å²) in [6, 6.07) is 10.7. The summed E-state index contributed by atoms with van der Waals surface area (Å²) in [6.07, 6.45) is 2.59. The molecule has 1 aromatic carbocycles. The molecule has 0 bridgehead atoms. The minimum Gasteiger partial charge on any atom is -0.391 e. The minimum atomic E-state index is -0.236. The Morgan fingerprint density at radius 2 is 2.08 bits per heavy atom. The molecule has 0 radical (unpaired) electrons. The van der Waals surface area contributed by atoms with E-state index in [4.69, 9.17) is 9.73 Å². The number of rotatable bonds is 4. The number of β-amino-alcohol motifs (C(OH)–C–C–N with tert-alkyl or cyclic N) is 1. The first-order chi connectivity index (χ1) is 11.7. The maximum absolute atomic E-state index is 9.82. The van der Waals surface area contributed by atoms with Crippen LogP contribution < -0.4 is 5.32 Å². The third-order valence-electron chi connectivity index (χ3n) is 5.17. The number of guanidine groups is 1. The van der Waals surface area contributed by atoms with Gasteiger partial charge in [0.25, 0.3) is 0 Å². The molecule has 2 aliphatic heterocycles. The van der Waals surface area contributed by atoms with Gasteiger partial charge in [-0.1, -0.05) is 30.3 Å². The quantitative estimate of drug-likeness (QED) is 0.652. The molecular weight excluding hydrogens is 302 g/mol. The first-order valence-electron chi connectivity index (χ1n) is 9.08. The van der Waals surface area contributed by atoms with E-state index < -0.39 is 0 Å². The fraction of sp³-hybridized carbons (Fsp3) is 0.632. The second kappa shape index (κ2) is 7.99. The number of nitrogens with one attached hydrogen (secondary N) is 1. The summed E-state index contributed by atoms with van der Waals surface area (Å²) in [6.45, 7) is 6.82. The zero-order chi connectivity index (χ0) is 16.8. The van der Waals surface area contributed by atoms with E-state index in [-0.39, 0.29) is 11.5 Å². The molecule has 2 fully saturated rings. The number of aliphatic hydroxyl groups excluding tert-OH is 1. The molecule has 1 aromatic rings. The van der Waals surface area contributed by atoms with Crippen LogP contribution in [0.15, 0.2) is 35.3 Å². The van der Waals surface area contributed by atoms with Crippen LogP contribution in [-0.2, 0) is 10.2 Å². The molecule has 5 heteroatoms. The van der Waals surface area contributed by atoms with Gasteiger partial charge in [0.05, 0.1) is 12.6 Å². The van der Waals surface area contributed by atoms with E-state index in [1.165, 1.54) is 5.56 Å². The molecule has 5 nitrogen and oxygen atoms in total. The summed E-state index contributed by atoms with van der Waals surface area (Å²) in [5, 5.41) is 13.2. The molecule has 2 saturated heterocycles. The number of hydrogen-bond acceptors (Lipinski definition) is 3. The summed E-state index contributed by atoms with van der Waals surface area (Å²) in [5.41, 5.74) is 1.41. The van der Waals surface area contributed by atoms with Crippen molar-refractivity contribution in [3.63, 3.8) is 0 Å². The Bertz CT molecular complexity index is 541. The summed E-state index contributed by atoms with van der Waals surface area (Å²) in [7, 11) is 0. The number of benzene rings is 1. The Morgan fingerprint density at radius 1 is 1.33 bits per heavy atom. The fourth-order valence-corrected chi connectivity index (χ4v) is 3.68. The smallest absolute Gasteiger partial charge is 0.194 e. The SMILES string of the molecule is CCNC(=NCC1(c2ccccc2)CCOCC1)N1CC[C@@H](O)C1. The van der Waals surface area contributed by atoms with Crippen molar-refractivity contribution >= 4 is 5.96 Å². The van der Waals surface area contributed by atoms with Gasteiger partial charge in [-0.25, -0.2) is 0 Å². The van der Waals surface area contributed by atoms with Gasteiger partial charge in [-0.15, -0.1) is 0 Å². The maximum atomic E-state index is 9.82. The van der Waals surface area contributed by atoms with Crippen molar-refractivity contribution in [1.82, 2.24) is 10.2 Å².